The summed E-state index contributed by atoms with van der Waals surface area (Å²) in [4.78, 5) is 4.76. The predicted octanol–water partition coefficient (Wildman–Crippen LogP) is 5.22. The lowest BCUT2D eigenvalue weighted by Gasteiger charge is -2.15. The van der Waals surface area contributed by atoms with Crippen LogP contribution < -0.4 is 5.32 Å². The number of anilines is 1. The Bertz CT molecular complexity index is 797. The highest BCUT2D eigenvalue weighted by molar-refractivity contribution is 7.15. The van der Waals surface area contributed by atoms with Gasteiger partial charge in [0, 0.05) is 23.5 Å². The number of rotatable bonds is 4. The van der Waals surface area contributed by atoms with Crippen molar-refractivity contribution in [3.8, 4) is 5.69 Å². The monoisotopic (exact) mass is 357 g/mol. The summed E-state index contributed by atoms with van der Waals surface area (Å²) in [5.74, 6) is 0. The van der Waals surface area contributed by atoms with Crippen LogP contribution in [-0.2, 0) is 12.7 Å². The third-order valence-corrected chi connectivity index (χ3v) is 4.30. The lowest BCUT2D eigenvalue weighted by molar-refractivity contribution is -0.137. The number of aromatic nitrogens is 2. The Kier molecular flexibility index (Phi) is 4.32. The van der Waals surface area contributed by atoms with Gasteiger partial charge in [0.25, 0.3) is 0 Å². The second-order valence-electron chi connectivity index (χ2n) is 4.75. The van der Waals surface area contributed by atoms with Gasteiger partial charge in [-0.3, -0.25) is 0 Å². The Balaban J connectivity index is 1.93. The fourth-order valence-electron chi connectivity index (χ4n) is 2.12. The molecule has 3 rings (SSSR count). The average Bonchev–Trinajstić information content (AvgIpc) is 3.15. The van der Waals surface area contributed by atoms with Crippen LogP contribution >= 0.6 is 22.9 Å². The summed E-state index contributed by atoms with van der Waals surface area (Å²) in [5, 5.41) is 3.03. The van der Waals surface area contributed by atoms with Crippen LogP contribution in [0.15, 0.2) is 48.9 Å². The van der Waals surface area contributed by atoms with E-state index >= 15 is 0 Å². The van der Waals surface area contributed by atoms with E-state index in [1.54, 1.807) is 23.2 Å². The molecule has 0 spiro atoms. The molecular weight excluding hydrogens is 347 g/mol. The molecule has 0 radical (unpaired) electrons. The molecule has 0 aliphatic rings. The van der Waals surface area contributed by atoms with Gasteiger partial charge in [-0.25, -0.2) is 4.98 Å². The van der Waals surface area contributed by atoms with Crippen LogP contribution in [0.2, 0.25) is 4.47 Å². The Labute approximate surface area is 139 Å². The number of nitrogens with one attached hydrogen (secondary N) is 1. The van der Waals surface area contributed by atoms with Crippen molar-refractivity contribution in [1.29, 1.82) is 0 Å². The molecule has 0 fully saturated rings. The van der Waals surface area contributed by atoms with Crippen LogP contribution in [0.25, 0.3) is 5.69 Å². The van der Waals surface area contributed by atoms with Gasteiger partial charge in [-0.1, -0.05) is 11.6 Å². The molecule has 0 atom stereocenters. The number of thiazole rings is 1. The fraction of sp³-hybridized carbons (Fsp3) is 0.133. The van der Waals surface area contributed by atoms with Crippen molar-refractivity contribution < 1.29 is 13.2 Å². The molecular formula is C15H11ClF3N3S. The van der Waals surface area contributed by atoms with Gasteiger partial charge in [-0.2, -0.15) is 13.2 Å². The van der Waals surface area contributed by atoms with Gasteiger partial charge in [0.2, 0.25) is 0 Å². The van der Waals surface area contributed by atoms with E-state index in [0.717, 1.165) is 17.0 Å². The predicted molar refractivity (Wildman–Crippen MR) is 85.2 cm³/mol. The number of benzene rings is 1. The first-order valence-electron chi connectivity index (χ1n) is 6.62. The van der Waals surface area contributed by atoms with Crippen molar-refractivity contribution in [1.82, 2.24) is 9.55 Å². The number of halogens is 4. The molecule has 0 bridgehead atoms. The van der Waals surface area contributed by atoms with E-state index < -0.39 is 11.7 Å². The summed E-state index contributed by atoms with van der Waals surface area (Å²) < 4.78 is 41.0. The SMILES string of the molecule is FC(F)(F)c1ccc(-n2cccc2)c(NCc2cnc(Cl)s2)c1. The maximum Gasteiger partial charge on any atom is 0.416 e. The molecule has 0 unspecified atom stereocenters. The summed E-state index contributed by atoms with van der Waals surface area (Å²) in [6.45, 7) is 0.347. The zero-order chi connectivity index (χ0) is 16.4. The third kappa shape index (κ3) is 3.68. The van der Waals surface area contributed by atoms with E-state index in [2.05, 4.69) is 10.3 Å². The second-order valence-corrected chi connectivity index (χ2v) is 6.45. The highest BCUT2D eigenvalue weighted by atomic mass is 35.5. The van der Waals surface area contributed by atoms with Crippen LogP contribution in [0.5, 0.6) is 0 Å². The molecule has 1 N–H and O–H groups in total. The highest BCUT2D eigenvalue weighted by Crippen LogP contribution is 2.33. The van der Waals surface area contributed by atoms with Gasteiger partial charge in [0.1, 0.15) is 0 Å². The summed E-state index contributed by atoms with van der Waals surface area (Å²) in [7, 11) is 0. The molecule has 0 saturated heterocycles. The minimum absolute atomic E-state index is 0.347. The van der Waals surface area contributed by atoms with Gasteiger partial charge in [-0.15, -0.1) is 11.3 Å². The van der Waals surface area contributed by atoms with E-state index in [4.69, 9.17) is 11.6 Å². The van der Waals surface area contributed by atoms with Crippen LogP contribution in [0.3, 0.4) is 0 Å². The quantitative estimate of drug-likeness (QED) is 0.694. The van der Waals surface area contributed by atoms with Gasteiger partial charge in [0.15, 0.2) is 4.47 Å². The molecule has 120 valence electrons. The molecule has 3 nitrogen and oxygen atoms in total. The van der Waals surface area contributed by atoms with E-state index in [0.29, 0.717) is 22.4 Å². The zero-order valence-corrected chi connectivity index (χ0v) is 13.2. The van der Waals surface area contributed by atoms with Crippen molar-refractivity contribution >= 4 is 28.6 Å². The van der Waals surface area contributed by atoms with Crippen LogP contribution in [-0.4, -0.2) is 9.55 Å². The molecule has 1 aromatic carbocycles. The van der Waals surface area contributed by atoms with E-state index in [9.17, 15) is 13.2 Å². The summed E-state index contributed by atoms with van der Waals surface area (Å²) >= 11 is 7.05. The minimum Gasteiger partial charge on any atom is -0.378 e. The van der Waals surface area contributed by atoms with Crippen molar-refractivity contribution in [2.24, 2.45) is 0 Å². The van der Waals surface area contributed by atoms with Crippen molar-refractivity contribution in [2.75, 3.05) is 5.32 Å². The summed E-state index contributed by atoms with van der Waals surface area (Å²) in [6, 6.07) is 7.25. The number of hydrogen-bond acceptors (Lipinski definition) is 3. The fourth-order valence-corrected chi connectivity index (χ4v) is 3.04. The highest BCUT2D eigenvalue weighted by Gasteiger charge is 2.31. The average molecular weight is 358 g/mol. The van der Waals surface area contributed by atoms with Crippen LogP contribution in [0.4, 0.5) is 18.9 Å². The summed E-state index contributed by atoms with van der Waals surface area (Å²) in [6.07, 6.45) is 0.761. The molecule has 0 aliphatic heterocycles. The first-order valence-corrected chi connectivity index (χ1v) is 7.81. The smallest absolute Gasteiger partial charge is 0.378 e. The number of alkyl halides is 3. The Hall–Kier alpha value is -1.99. The maximum absolute atomic E-state index is 12.9. The van der Waals surface area contributed by atoms with Gasteiger partial charge >= 0.3 is 6.18 Å². The molecule has 2 heterocycles. The Morgan fingerprint density at radius 1 is 1.22 bits per heavy atom. The van der Waals surface area contributed by atoms with Gasteiger partial charge in [0.05, 0.1) is 23.5 Å². The number of hydrogen-bond donors (Lipinski definition) is 1. The van der Waals surface area contributed by atoms with E-state index in [1.165, 1.54) is 17.4 Å². The topological polar surface area (TPSA) is 29.9 Å². The lowest BCUT2D eigenvalue weighted by Crippen LogP contribution is -2.09. The maximum atomic E-state index is 12.9. The third-order valence-electron chi connectivity index (χ3n) is 3.18. The molecule has 8 heteroatoms. The molecule has 0 saturated carbocycles. The normalized spacial score (nSPS) is 11.7. The minimum atomic E-state index is -4.39. The number of nitrogens with zero attached hydrogens (tertiary/aromatic N) is 2. The Morgan fingerprint density at radius 2 is 1.96 bits per heavy atom. The van der Waals surface area contributed by atoms with Crippen LogP contribution in [0, 0.1) is 0 Å². The standard InChI is InChI=1S/C15H11ClF3N3S/c16-14-21-9-11(23-14)8-20-12-7-10(15(17,18)19)3-4-13(12)22-5-1-2-6-22/h1-7,9,20H,8H2. The molecule has 23 heavy (non-hydrogen) atoms. The van der Waals surface area contributed by atoms with Crippen molar-refractivity contribution in [3.63, 3.8) is 0 Å². The van der Waals surface area contributed by atoms with Crippen molar-refractivity contribution in [3.05, 3.63) is 63.8 Å². The second kappa shape index (κ2) is 6.25. The summed E-state index contributed by atoms with van der Waals surface area (Å²) in [5.41, 5.74) is 0.331. The first-order chi connectivity index (χ1) is 10.9. The van der Waals surface area contributed by atoms with Crippen molar-refractivity contribution in [2.45, 2.75) is 12.7 Å². The van der Waals surface area contributed by atoms with Gasteiger partial charge in [-0.05, 0) is 30.3 Å². The van der Waals surface area contributed by atoms with E-state index in [-0.39, 0.29) is 0 Å². The van der Waals surface area contributed by atoms with Gasteiger partial charge < -0.3 is 9.88 Å². The molecule has 2 aromatic heterocycles. The largest absolute Gasteiger partial charge is 0.416 e. The zero-order valence-electron chi connectivity index (χ0n) is 11.6. The first kappa shape index (κ1) is 15.9. The molecule has 3 aromatic rings. The molecule has 0 amide bonds. The van der Waals surface area contributed by atoms with E-state index in [1.807, 2.05) is 12.1 Å². The molecule has 0 aliphatic carbocycles. The van der Waals surface area contributed by atoms with Crippen LogP contribution in [0.1, 0.15) is 10.4 Å². The Morgan fingerprint density at radius 3 is 2.57 bits per heavy atom. The lowest BCUT2D eigenvalue weighted by atomic mass is 10.1.